The van der Waals surface area contributed by atoms with Crippen molar-refractivity contribution in [2.75, 3.05) is 0 Å². The molecule has 0 aromatic carbocycles. The fourth-order valence-corrected chi connectivity index (χ4v) is 2.72. The Morgan fingerprint density at radius 1 is 1.21 bits per heavy atom. The third kappa shape index (κ3) is 1.56. The summed E-state index contributed by atoms with van der Waals surface area (Å²) < 4.78 is 0. The van der Waals surface area contributed by atoms with Gasteiger partial charge in [-0.2, -0.15) is 0 Å². The minimum atomic E-state index is 0.193. The number of carbonyl (C=O) groups excluding carboxylic acids is 1. The summed E-state index contributed by atoms with van der Waals surface area (Å²) in [5.74, 6) is 2.07. The molecule has 1 heteroatoms. The van der Waals surface area contributed by atoms with E-state index in [0.717, 1.165) is 6.42 Å². The molecule has 0 saturated heterocycles. The number of hydrogen-bond donors (Lipinski definition) is 0. The van der Waals surface area contributed by atoms with Gasteiger partial charge in [0.2, 0.25) is 0 Å². The number of ketones is 1. The zero-order valence-corrected chi connectivity index (χ0v) is 8.94. The lowest BCUT2D eigenvalue weighted by atomic mass is 9.81. The summed E-state index contributed by atoms with van der Waals surface area (Å²) in [6.07, 6.45) is 11.0. The second-order valence-corrected chi connectivity index (χ2v) is 4.75. The topological polar surface area (TPSA) is 17.1 Å². The maximum Gasteiger partial charge on any atom is 0.139 e. The summed E-state index contributed by atoms with van der Waals surface area (Å²) in [5, 5.41) is 0. The molecule has 0 aliphatic heterocycles. The van der Waals surface area contributed by atoms with Crippen molar-refractivity contribution in [3.63, 3.8) is 0 Å². The van der Waals surface area contributed by atoms with E-state index in [1.165, 1.54) is 6.42 Å². The van der Waals surface area contributed by atoms with Gasteiger partial charge in [0.05, 0.1) is 0 Å². The van der Waals surface area contributed by atoms with E-state index in [0.29, 0.717) is 23.5 Å². The van der Waals surface area contributed by atoms with E-state index in [2.05, 4.69) is 24.3 Å². The molecule has 76 valence electrons. The van der Waals surface area contributed by atoms with Gasteiger partial charge in [-0.05, 0) is 24.7 Å². The lowest BCUT2D eigenvalue weighted by Gasteiger charge is -2.22. The maximum atomic E-state index is 11.9. The van der Waals surface area contributed by atoms with Crippen LogP contribution in [0.1, 0.15) is 26.7 Å². The van der Waals surface area contributed by atoms with Crippen LogP contribution < -0.4 is 0 Å². The van der Waals surface area contributed by atoms with Crippen molar-refractivity contribution in [1.82, 2.24) is 0 Å². The van der Waals surface area contributed by atoms with Crippen LogP contribution in [0.3, 0.4) is 0 Å². The van der Waals surface area contributed by atoms with Gasteiger partial charge in [-0.15, -0.1) is 0 Å². The van der Waals surface area contributed by atoms with Crippen molar-refractivity contribution < 1.29 is 4.79 Å². The number of hydrogen-bond acceptors (Lipinski definition) is 1. The minimum absolute atomic E-state index is 0.193. The molecule has 1 nitrogen and oxygen atoms in total. The number of carbonyl (C=O) groups is 1. The molecule has 14 heavy (non-hydrogen) atoms. The van der Waals surface area contributed by atoms with Crippen molar-refractivity contribution in [1.29, 1.82) is 0 Å². The van der Waals surface area contributed by atoms with Crippen LogP contribution in [0.15, 0.2) is 24.3 Å². The maximum absolute atomic E-state index is 11.9. The molecular formula is C13H18O. The average Bonchev–Trinajstić information content (AvgIpc) is 2.60. The highest BCUT2D eigenvalue weighted by atomic mass is 16.1. The first kappa shape index (κ1) is 9.70. The molecule has 0 amide bonds. The van der Waals surface area contributed by atoms with Gasteiger partial charge in [0.15, 0.2) is 0 Å². The fraction of sp³-hybridized carbons (Fsp3) is 0.615. The Morgan fingerprint density at radius 2 is 1.93 bits per heavy atom. The van der Waals surface area contributed by atoms with E-state index in [-0.39, 0.29) is 5.92 Å². The summed E-state index contributed by atoms with van der Waals surface area (Å²) in [6.45, 7) is 4.02. The van der Waals surface area contributed by atoms with E-state index in [4.69, 9.17) is 0 Å². The van der Waals surface area contributed by atoms with Crippen LogP contribution in [0, 0.1) is 23.7 Å². The number of allylic oxidation sites excluding steroid dienone is 4. The lowest BCUT2D eigenvalue weighted by molar-refractivity contribution is -0.126. The molecule has 0 radical (unpaired) electrons. The highest BCUT2D eigenvalue weighted by Crippen LogP contribution is 2.41. The van der Waals surface area contributed by atoms with Gasteiger partial charge in [-0.25, -0.2) is 0 Å². The van der Waals surface area contributed by atoms with Gasteiger partial charge in [0.25, 0.3) is 0 Å². The van der Waals surface area contributed by atoms with Gasteiger partial charge in [-0.1, -0.05) is 38.2 Å². The van der Waals surface area contributed by atoms with Gasteiger partial charge in [-0.3, -0.25) is 4.79 Å². The molecule has 2 aliphatic rings. The van der Waals surface area contributed by atoms with Crippen molar-refractivity contribution in [2.24, 2.45) is 23.7 Å². The van der Waals surface area contributed by atoms with Crippen molar-refractivity contribution in [2.45, 2.75) is 26.7 Å². The van der Waals surface area contributed by atoms with Crippen molar-refractivity contribution >= 4 is 5.78 Å². The lowest BCUT2D eigenvalue weighted by Crippen LogP contribution is -2.24. The highest BCUT2D eigenvalue weighted by Gasteiger charge is 2.38. The van der Waals surface area contributed by atoms with Gasteiger partial charge < -0.3 is 0 Å². The van der Waals surface area contributed by atoms with Crippen molar-refractivity contribution in [3.05, 3.63) is 24.3 Å². The van der Waals surface area contributed by atoms with Crippen LogP contribution in [0.25, 0.3) is 0 Å². The Morgan fingerprint density at radius 3 is 2.64 bits per heavy atom. The molecule has 2 rings (SSSR count). The first-order valence-electron chi connectivity index (χ1n) is 5.59. The van der Waals surface area contributed by atoms with E-state index >= 15 is 0 Å². The first-order chi connectivity index (χ1) is 6.70. The van der Waals surface area contributed by atoms with E-state index in [1.54, 1.807) is 0 Å². The first-order valence-corrected chi connectivity index (χ1v) is 5.59. The Bertz CT molecular complexity index is 286. The molecule has 0 N–H and O–H groups in total. The molecule has 0 bridgehead atoms. The van der Waals surface area contributed by atoms with Crippen LogP contribution in [0.2, 0.25) is 0 Å². The molecular weight excluding hydrogens is 172 g/mol. The summed E-state index contributed by atoms with van der Waals surface area (Å²) in [7, 11) is 0. The summed E-state index contributed by atoms with van der Waals surface area (Å²) >= 11 is 0. The van der Waals surface area contributed by atoms with Gasteiger partial charge in [0.1, 0.15) is 5.78 Å². The van der Waals surface area contributed by atoms with Crippen LogP contribution >= 0.6 is 0 Å². The fourth-order valence-electron chi connectivity index (χ4n) is 2.72. The molecule has 0 spiro atoms. The SMILES string of the molecule is CC(C)C(=O)C1CCC2C=CC=CC21. The second kappa shape index (κ2) is 3.72. The number of rotatable bonds is 2. The van der Waals surface area contributed by atoms with E-state index in [9.17, 15) is 4.79 Å². The summed E-state index contributed by atoms with van der Waals surface area (Å²) in [4.78, 5) is 11.9. The summed E-state index contributed by atoms with van der Waals surface area (Å²) in [6, 6.07) is 0. The third-order valence-electron chi connectivity index (χ3n) is 3.51. The predicted molar refractivity (Wildman–Crippen MR) is 57.8 cm³/mol. The quantitative estimate of drug-likeness (QED) is 0.654. The number of Topliss-reactive ketones (excluding diaryl/α,β-unsaturated/α-hetero) is 1. The van der Waals surface area contributed by atoms with Crippen molar-refractivity contribution in [3.8, 4) is 0 Å². The molecule has 3 atom stereocenters. The van der Waals surface area contributed by atoms with Gasteiger partial charge in [0, 0.05) is 11.8 Å². The standard InChI is InChI=1S/C13H18O/c1-9(2)13(14)12-8-7-10-5-3-4-6-11(10)12/h3-6,9-12H,7-8H2,1-2H3. The van der Waals surface area contributed by atoms with Crippen LogP contribution in [-0.4, -0.2) is 5.78 Å². The van der Waals surface area contributed by atoms with Crippen LogP contribution in [-0.2, 0) is 4.79 Å². The monoisotopic (exact) mass is 190 g/mol. The minimum Gasteiger partial charge on any atom is -0.299 e. The molecule has 2 aliphatic carbocycles. The highest BCUT2D eigenvalue weighted by molar-refractivity contribution is 5.83. The largest absolute Gasteiger partial charge is 0.299 e. The smallest absolute Gasteiger partial charge is 0.139 e. The predicted octanol–water partition coefficient (Wildman–Crippen LogP) is 2.98. The Balaban J connectivity index is 2.13. The molecule has 3 unspecified atom stereocenters. The Kier molecular flexibility index (Phi) is 2.58. The zero-order chi connectivity index (χ0) is 10.1. The molecule has 0 aromatic heterocycles. The average molecular weight is 190 g/mol. The molecule has 0 aromatic rings. The van der Waals surface area contributed by atoms with Gasteiger partial charge >= 0.3 is 0 Å². The van der Waals surface area contributed by atoms with Crippen LogP contribution in [0.5, 0.6) is 0 Å². The molecule has 1 fully saturated rings. The third-order valence-corrected chi connectivity index (χ3v) is 3.51. The normalized spacial score (nSPS) is 34.9. The summed E-state index contributed by atoms with van der Waals surface area (Å²) in [5.41, 5.74) is 0. The number of fused-ring (bicyclic) bond motifs is 1. The Hall–Kier alpha value is -0.850. The zero-order valence-electron chi connectivity index (χ0n) is 8.94. The van der Waals surface area contributed by atoms with E-state index < -0.39 is 0 Å². The molecule has 1 saturated carbocycles. The Labute approximate surface area is 85.9 Å². The second-order valence-electron chi connectivity index (χ2n) is 4.75. The molecule has 0 heterocycles. The van der Waals surface area contributed by atoms with Crippen LogP contribution in [0.4, 0.5) is 0 Å². The van der Waals surface area contributed by atoms with E-state index in [1.807, 2.05) is 13.8 Å².